The Morgan fingerprint density at radius 3 is 2.93 bits per heavy atom. The smallest absolute Gasteiger partial charge is 0.145 e. The van der Waals surface area contributed by atoms with Gasteiger partial charge >= 0.3 is 0 Å². The Hall–Kier alpha value is -1.25. The molecule has 1 unspecified atom stereocenters. The first kappa shape index (κ1) is 9.31. The number of anilines is 1. The van der Waals surface area contributed by atoms with Crippen LogP contribution in [0.3, 0.4) is 0 Å². The molecular weight excluding hydrogens is 181 g/mol. The van der Waals surface area contributed by atoms with Crippen molar-refractivity contribution in [2.24, 2.45) is 0 Å². The van der Waals surface area contributed by atoms with E-state index in [2.05, 4.69) is 11.8 Å². The highest BCUT2D eigenvalue weighted by Crippen LogP contribution is 2.34. The van der Waals surface area contributed by atoms with Gasteiger partial charge in [0.05, 0.1) is 11.7 Å². The average molecular weight is 195 g/mol. The molecule has 1 heterocycles. The Balaban J connectivity index is 2.50. The number of nitrogens with zero attached hydrogens (tertiary/aromatic N) is 1. The standard InChI is InChI=1S/C11H14FNO/c1-7-4-10-11(5-9(7)12)14-6-8(2)13(10)3/h4-5,8H,6H2,1-3H3. The van der Waals surface area contributed by atoms with E-state index < -0.39 is 0 Å². The average Bonchev–Trinajstić information content (AvgIpc) is 2.15. The van der Waals surface area contributed by atoms with E-state index in [0.29, 0.717) is 24.0 Å². The SMILES string of the molecule is Cc1cc2c(cc1F)OCC(C)N2C. The minimum atomic E-state index is -0.202. The molecule has 0 amide bonds. The van der Waals surface area contributed by atoms with Crippen molar-refractivity contribution in [1.29, 1.82) is 0 Å². The van der Waals surface area contributed by atoms with Crippen molar-refractivity contribution in [1.82, 2.24) is 0 Å². The third-order valence-electron chi connectivity index (χ3n) is 2.76. The number of rotatable bonds is 0. The highest BCUT2D eigenvalue weighted by molar-refractivity contribution is 5.61. The molecule has 0 N–H and O–H groups in total. The van der Waals surface area contributed by atoms with Crippen LogP contribution in [0, 0.1) is 12.7 Å². The van der Waals surface area contributed by atoms with E-state index in [0.717, 1.165) is 5.69 Å². The second-order valence-electron chi connectivity index (χ2n) is 3.84. The molecule has 2 rings (SSSR count). The molecule has 2 nitrogen and oxygen atoms in total. The molecule has 3 heteroatoms. The Morgan fingerprint density at radius 1 is 1.50 bits per heavy atom. The molecule has 1 aromatic rings. The maximum Gasteiger partial charge on any atom is 0.145 e. The molecule has 1 aliphatic heterocycles. The first-order valence-corrected chi connectivity index (χ1v) is 4.75. The number of hydrogen-bond donors (Lipinski definition) is 0. The third kappa shape index (κ3) is 1.33. The molecular formula is C11H14FNO. The minimum Gasteiger partial charge on any atom is -0.489 e. The molecule has 0 aliphatic carbocycles. The monoisotopic (exact) mass is 195 g/mol. The van der Waals surface area contributed by atoms with Crippen molar-refractivity contribution in [3.63, 3.8) is 0 Å². The van der Waals surface area contributed by atoms with Crippen LogP contribution < -0.4 is 9.64 Å². The van der Waals surface area contributed by atoms with Gasteiger partial charge < -0.3 is 9.64 Å². The Morgan fingerprint density at radius 2 is 2.21 bits per heavy atom. The normalized spacial score (nSPS) is 20.3. The van der Waals surface area contributed by atoms with Crippen LogP contribution in [-0.4, -0.2) is 19.7 Å². The summed E-state index contributed by atoms with van der Waals surface area (Å²) in [5, 5.41) is 0. The third-order valence-corrected chi connectivity index (χ3v) is 2.76. The largest absolute Gasteiger partial charge is 0.489 e. The van der Waals surface area contributed by atoms with Crippen molar-refractivity contribution in [2.45, 2.75) is 19.9 Å². The van der Waals surface area contributed by atoms with E-state index in [1.54, 1.807) is 6.92 Å². The Labute approximate surface area is 83.3 Å². The van der Waals surface area contributed by atoms with Gasteiger partial charge in [-0.15, -0.1) is 0 Å². The van der Waals surface area contributed by atoms with Crippen LogP contribution in [0.4, 0.5) is 10.1 Å². The molecule has 0 bridgehead atoms. The van der Waals surface area contributed by atoms with Gasteiger partial charge in [-0.3, -0.25) is 0 Å². The summed E-state index contributed by atoms with van der Waals surface area (Å²) in [6.45, 7) is 4.47. The fourth-order valence-corrected chi connectivity index (χ4v) is 1.60. The van der Waals surface area contributed by atoms with E-state index in [1.165, 1.54) is 6.07 Å². The number of fused-ring (bicyclic) bond motifs is 1. The molecule has 0 saturated carbocycles. The minimum absolute atomic E-state index is 0.202. The topological polar surface area (TPSA) is 12.5 Å². The predicted octanol–water partition coefficient (Wildman–Crippen LogP) is 2.35. The van der Waals surface area contributed by atoms with Crippen molar-refractivity contribution >= 4 is 5.69 Å². The summed E-state index contributed by atoms with van der Waals surface area (Å²) in [7, 11) is 2.00. The second-order valence-corrected chi connectivity index (χ2v) is 3.84. The molecule has 14 heavy (non-hydrogen) atoms. The number of aryl methyl sites for hydroxylation is 1. The molecule has 0 saturated heterocycles. The van der Waals surface area contributed by atoms with Gasteiger partial charge in [0.15, 0.2) is 0 Å². The van der Waals surface area contributed by atoms with Crippen LogP contribution in [0.25, 0.3) is 0 Å². The summed E-state index contributed by atoms with van der Waals surface area (Å²) in [6, 6.07) is 3.64. The van der Waals surface area contributed by atoms with Gasteiger partial charge in [0.25, 0.3) is 0 Å². The first-order chi connectivity index (χ1) is 6.59. The molecule has 1 aliphatic rings. The van der Waals surface area contributed by atoms with Crippen LogP contribution in [0.5, 0.6) is 5.75 Å². The van der Waals surface area contributed by atoms with E-state index >= 15 is 0 Å². The summed E-state index contributed by atoms with van der Waals surface area (Å²) >= 11 is 0. The lowest BCUT2D eigenvalue weighted by Gasteiger charge is -2.33. The van der Waals surface area contributed by atoms with Crippen LogP contribution in [-0.2, 0) is 0 Å². The molecule has 1 atom stereocenters. The van der Waals surface area contributed by atoms with Crippen LogP contribution >= 0.6 is 0 Å². The highest BCUT2D eigenvalue weighted by Gasteiger charge is 2.22. The fraction of sp³-hybridized carbons (Fsp3) is 0.455. The fourth-order valence-electron chi connectivity index (χ4n) is 1.60. The lowest BCUT2D eigenvalue weighted by atomic mass is 10.1. The Bertz CT molecular complexity index is 365. The maximum atomic E-state index is 13.2. The zero-order valence-electron chi connectivity index (χ0n) is 8.67. The maximum absolute atomic E-state index is 13.2. The number of likely N-dealkylation sites (N-methyl/N-ethyl adjacent to an activating group) is 1. The van der Waals surface area contributed by atoms with Gasteiger partial charge in [-0.25, -0.2) is 4.39 Å². The van der Waals surface area contributed by atoms with E-state index in [-0.39, 0.29) is 5.82 Å². The van der Waals surface area contributed by atoms with Crippen molar-refractivity contribution < 1.29 is 9.13 Å². The van der Waals surface area contributed by atoms with Crippen LogP contribution in [0.15, 0.2) is 12.1 Å². The number of ether oxygens (including phenoxy) is 1. The zero-order chi connectivity index (χ0) is 10.3. The molecule has 0 spiro atoms. The van der Waals surface area contributed by atoms with E-state index in [4.69, 9.17) is 4.74 Å². The predicted molar refractivity (Wildman–Crippen MR) is 54.5 cm³/mol. The van der Waals surface area contributed by atoms with Crippen LogP contribution in [0.1, 0.15) is 12.5 Å². The molecule has 1 aromatic carbocycles. The summed E-state index contributed by atoms with van der Waals surface area (Å²) in [5.74, 6) is 0.445. The van der Waals surface area contributed by atoms with Gasteiger partial charge in [0.1, 0.15) is 18.2 Å². The van der Waals surface area contributed by atoms with Crippen molar-refractivity contribution in [3.8, 4) is 5.75 Å². The number of benzene rings is 1. The van der Waals surface area contributed by atoms with Gasteiger partial charge in [-0.1, -0.05) is 0 Å². The molecule has 0 radical (unpaired) electrons. The number of hydrogen-bond acceptors (Lipinski definition) is 2. The highest BCUT2D eigenvalue weighted by atomic mass is 19.1. The van der Waals surface area contributed by atoms with Gasteiger partial charge in [-0.2, -0.15) is 0 Å². The summed E-state index contributed by atoms with van der Waals surface area (Å²) in [5.41, 5.74) is 1.64. The van der Waals surface area contributed by atoms with Gasteiger partial charge in [0, 0.05) is 13.1 Å². The van der Waals surface area contributed by atoms with Gasteiger partial charge in [0.2, 0.25) is 0 Å². The zero-order valence-corrected chi connectivity index (χ0v) is 8.67. The summed E-state index contributed by atoms with van der Waals surface area (Å²) in [6.07, 6.45) is 0. The lowest BCUT2D eigenvalue weighted by Crippen LogP contribution is -2.38. The lowest BCUT2D eigenvalue weighted by molar-refractivity contribution is 0.273. The van der Waals surface area contributed by atoms with Crippen LogP contribution in [0.2, 0.25) is 0 Å². The van der Waals surface area contributed by atoms with E-state index in [9.17, 15) is 4.39 Å². The van der Waals surface area contributed by atoms with Crippen molar-refractivity contribution in [2.75, 3.05) is 18.6 Å². The van der Waals surface area contributed by atoms with Crippen molar-refractivity contribution in [3.05, 3.63) is 23.5 Å². The van der Waals surface area contributed by atoms with Gasteiger partial charge in [-0.05, 0) is 25.5 Å². The molecule has 76 valence electrons. The quantitative estimate of drug-likeness (QED) is 0.630. The molecule has 0 aromatic heterocycles. The molecule has 0 fully saturated rings. The number of halogens is 1. The Kier molecular flexibility index (Phi) is 2.10. The summed E-state index contributed by atoms with van der Waals surface area (Å²) in [4.78, 5) is 2.12. The second kappa shape index (κ2) is 3.15. The first-order valence-electron chi connectivity index (χ1n) is 4.75. The van der Waals surface area contributed by atoms with E-state index in [1.807, 2.05) is 13.1 Å². The summed E-state index contributed by atoms with van der Waals surface area (Å²) < 4.78 is 18.7.